The summed E-state index contributed by atoms with van der Waals surface area (Å²) in [5.74, 6) is -1.17. The second-order valence-electron chi connectivity index (χ2n) is 7.34. The first-order valence-corrected chi connectivity index (χ1v) is 11.4. The van der Waals surface area contributed by atoms with Crippen molar-refractivity contribution >= 4 is 23.2 Å². The first-order valence-electron chi connectivity index (χ1n) is 10.5. The van der Waals surface area contributed by atoms with E-state index in [1.165, 1.54) is 23.1 Å². The molecule has 0 spiro atoms. The number of carboxylic acids is 1. The lowest BCUT2D eigenvalue weighted by molar-refractivity contribution is -0.122. The summed E-state index contributed by atoms with van der Waals surface area (Å²) in [6.45, 7) is 4.42. The van der Waals surface area contributed by atoms with Gasteiger partial charge in [-0.1, -0.05) is 44.7 Å². The molecular weight excluding hydrogens is 406 g/mol. The van der Waals surface area contributed by atoms with Crippen LogP contribution in [0.15, 0.2) is 11.6 Å². The molecule has 0 saturated carbocycles. The minimum Gasteiger partial charge on any atom is -0.476 e. The van der Waals surface area contributed by atoms with Gasteiger partial charge in [-0.25, -0.2) is 14.5 Å². The third-order valence-corrected chi connectivity index (χ3v) is 5.65. The number of nitrogens with one attached hydrogen (secondary N) is 1. The van der Waals surface area contributed by atoms with Crippen LogP contribution in [-0.2, 0) is 11.3 Å². The van der Waals surface area contributed by atoms with Crippen LogP contribution in [0.2, 0.25) is 0 Å². The maximum atomic E-state index is 12.3. The largest absolute Gasteiger partial charge is 0.476 e. The SMILES string of the molecule is CCCCCCC(O)CCC(=O)NC(CC)c1cn(Cc2nc(C(=O)O)cs2)nn1. The Labute approximate surface area is 180 Å². The van der Waals surface area contributed by atoms with Crippen LogP contribution in [0.5, 0.6) is 0 Å². The highest BCUT2D eigenvalue weighted by molar-refractivity contribution is 7.09. The average molecular weight is 438 g/mol. The molecule has 2 atom stereocenters. The highest BCUT2D eigenvalue weighted by Crippen LogP contribution is 2.16. The summed E-state index contributed by atoms with van der Waals surface area (Å²) in [6, 6.07) is -0.265. The summed E-state index contributed by atoms with van der Waals surface area (Å²) >= 11 is 1.25. The van der Waals surface area contributed by atoms with Crippen LogP contribution in [0.25, 0.3) is 0 Å². The van der Waals surface area contributed by atoms with Gasteiger partial charge in [-0.3, -0.25) is 4.79 Å². The minimum atomic E-state index is -1.06. The molecule has 2 heterocycles. The summed E-state index contributed by atoms with van der Waals surface area (Å²) in [7, 11) is 0. The molecule has 2 aromatic rings. The van der Waals surface area contributed by atoms with E-state index < -0.39 is 12.1 Å². The first-order chi connectivity index (χ1) is 14.4. The van der Waals surface area contributed by atoms with Crippen molar-refractivity contribution in [2.75, 3.05) is 0 Å². The Bertz CT molecular complexity index is 807. The molecule has 0 saturated heterocycles. The number of unbranched alkanes of at least 4 members (excludes halogenated alkanes) is 3. The molecule has 0 aliphatic carbocycles. The van der Waals surface area contributed by atoms with Crippen molar-refractivity contribution < 1.29 is 19.8 Å². The van der Waals surface area contributed by atoms with Crippen LogP contribution in [0.3, 0.4) is 0 Å². The van der Waals surface area contributed by atoms with Crippen molar-refractivity contribution in [3.63, 3.8) is 0 Å². The van der Waals surface area contributed by atoms with Crippen molar-refractivity contribution in [3.8, 4) is 0 Å². The van der Waals surface area contributed by atoms with E-state index in [0.717, 1.165) is 25.7 Å². The van der Waals surface area contributed by atoms with Crippen LogP contribution in [0, 0.1) is 0 Å². The predicted octanol–water partition coefficient (Wildman–Crippen LogP) is 3.16. The van der Waals surface area contributed by atoms with Gasteiger partial charge in [-0.05, 0) is 19.3 Å². The number of rotatable bonds is 14. The van der Waals surface area contributed by atoms with Gasteiger partial charge in [0, 0.05) is 11.8 Å². The number of thiazole rings is 1. The molecule has 3 N–H and O–H groups in total. The molecule has 0 radical (unpaired) electrons. The fourth-order valence-corrected chi connectivity index (χ4v) is 3.83. The number of nitrogens with zero attached hydrogens (tertiary/aromatic N) is 4. The molecule has 2 rings (SSSR count). The number of hydrogen-bond acceptors (Lipinski definition) is 7. The van der Waals surface area contributed by atoms with E-state index in [9.17, 15) is 14.7 Å². The van der Waals surface area contributed by atoms with E-state index in [1.54, 1.807) is 10.9 Å². The smallest absolute Gasteiger partial charge is 0.355 e. The second kappa shape index (κ2) is 12.4. The molecule has 0 aliphatic heterocycles. The zero-order valence-electron chi connectivity index (χ0n) is 17.6. The summed E-state index contributed by atoms with van der Waals surface area (Å²) in [4.78, 5) is 27.3. The predicted molar refractivity (Wildman–Crippen MR) is 113 cm³/mol. The van der Waals surface area contributed by atoms with Crippen LogP contribution < -0.4 is 5.32 Å². The maximum absolute atomic E-state index is 12.3. The third-order valence-electron chi connectivity index (χ3n) is 4.82. The Balaban J connectivity index is 1.81. The summed E-state index contributed by atoms with van der Waals surface area (Å²) < 4.78 is 1.58. The van der Waals surface area contributed by atoms with Crippen LogP contribution in [-0.4, -0.2) is 48.2 Å². The second-order valence-corrected chi connectivity index (χ2v) is 8.29. The maximum Gasteiger partial charge on any atom is 0.355 e. The lowest BCUT2D eigenvalue weighted by Crippen LogP contribution is -2.29. The van der Waals surface area contributed by atoms with Crippen molar-refractivity contribution in [1.82, 2.24) is 25.3 Å². The van der Waals surface area contributed by atoms with Crippen LogP contribution in [0.1, 0.15) is 92.4 Å². The lowest BCUT2D eigenvalue weighted by Gasteiger charge is -2.15. The molecular formula is C20H31N5O4S. The first kappa shape index (κ1) is 23.9. The number of hydrogen-bond donors (Lipinski definition) is 3. The zero-order valence-corrected chi connectivity index (χ0v) is 18.4. The number of carbonyl (C=O) groups is 2. The summed E-state index contributed by atoms with van der Waals surface area (Å²) in [5.41, 5.74) is 0.655. The van der Waals surface area contributed by atoms with Crippen molar-refractivity contribution in [2.24, 2.45) is 0 Å². The molecule has 0 aromatic carbocycles. The Hall–Kier alpha value is -2.33. The molecule has 10 heteroatoms. The average Bonchev–Trinajstić information content (AvgIpc) is 3.38. The fraction of sp³-hybridized carbons (Fsp3) is 0.650. The quantitative estimate of drug-likeness (QED) is 0.387. The normalized spacial score (nSPS) is 13.2. The van der Waals surface area contributed by atoms with Gasteiger partial charge in [-0.2, -0.15) is 0 Å². The molecule has 166 valence electrons. The Kier molecular flexibility index (Phi) is 9.88. The highest BCUT2D eigenvalue weighted by Gasteiger charge is 2.18. The van der Waals surface area contributed by atoms with E-state index in [-0.39, 0.29) is 24.1 Å². The molecule has 2 aromatic heterocycles. The number of amides is 1. The molecule has 9 nitrogen and oxygen atoms in total. The van der Waals surface area contributed by atoms with Gasteiger partial charge in [-0.15, -0.1) is 16.4 Å². The van der Waals surface area contributed by atoms with Gasteiger partial charge in [0.15, 0.2) is 5.69 Å². The molecule has 2 unspecified atom stereocenters. The lowest BCUT2D eigenvalue weighted by atomic mass is 10.0. The monoisotopic (exact) mass is 437 g/mol. The third kappa shape index (κ3) is 7.83. The molecule has 1 amide bonds. The van der Waals surface area contributed by atoms with Crippen molar-refractivity contribution in [2.45, 2.75) is 83.9 Å². The van der Waals surface area contributed by atoms with Crippen LogP contribution in [0.4, 0.5) is 0 Å². The zero-order chi connectivity index (χ0) is 21.9. The van der Waals surface area contributed by atoms with E-state index >= 15 is 0 Å². The molecule has 0 fully saturated rings. The van der Waals surface area contributed by atoms with E-state index in [1.807, 2.05) is 6.92 Å². The Morgan fingerprint density at radius 1 is 1.23 bits per heavy atom. The minimum absolute atomic E-state index is 0.0154. The van der Waals surface area contributed by atoms with Gasteiger partial charge in [0.05, 0.1) is 24.9 Å². The number of aromatic carboxylic acids is 1. The standard InChI is InChI=1S/C20H31N5O4S/c1-3-5-6-7-8-14(26)9-10-18(27)21-15(4-2)16-11-25(24-23-16)12-19-22-17(13-30-19)20(28)29/h11,13-15,26H,3-10,12H2,1-2H3,(H,21,27)(H,28,29). The van der Waals surface area contributed by atoms with Gasteiger partial charge < -0.3 is 15.5 Å². The Morgan fingerprint density at radius 3 is 2.70 bits per heavy atom. The number of carboxylic acid groups (broad SMARTS) is 1. The molecule has 0 aliphatic rings. The molecule has 30 heavy (non-hydrogen) atoms. The number of aliphatic hydroxyl groups is 1. The van der Waals surface area contributed by atoms with E-state index in [4.69, 9.17) is 5.11 Å². The number of aromatic nitrogens is 4. The van der Waals surface area contributed by atoms with Crippen molar-refractivity contribution in [1.29, 1.82) is 0 Å². The summed E-state index contributed by atoms with van der Waals surface area (Å²) in [6.07, 6.45) is 7.86. The highest BCUT2D eigenvalue weighted by atomic mass is 32.1. The Morgan fingerprint density at radius 2 is 2.03 bits per heavy atom. The van der Waals surface area contributed by atoms with Gasteiger partial charge in [0.2, 0.25) is 5.91 Å². The summed E-state index contributed by atoms with van der Waals surface area (Å²) in [5, 5.41) is 32.3. The van der Waals surface area contributed by atoms with Gasteiger partial charge in [0.1, 0.15) is 10.7 Å². The number of aliphatic hydroxyl groups excluding tert-OH is 1. The fourth-order valence-electron chi connectivity index (χ4n) is 3.07. The van der Waals surface area contributed by atoms with Crippen LogP contribution >= 0.6 is 11.3 Å². The number of carbonyl (C=O) groups excluding carboxylic acids is 1. The topological polar surface area (TPSA) is 130 Å². The van der Waals surface area contributed by atoms with E-state index in [0.29, 0.717) is 30.1 Å². The van der Waals surface area contributed by atoms with E-state index in [2.05, 4.69) is 27.5 Å². The molecule has 0 bridgehead atoms. The van der Waals surface area contributed by atoms with Gasteiger partial charge >= 0.3 is 5.97 Å². The van der Waals surface area contributed by atoms with Gasteiger partial charge in [0.25, 0.3) is 0 Å². The van der Waals surface area contributed by atoms with Crippen molar-refractivity contribution in [3.05, 3.63) is 28.0 Å².